The molecular weight excluding hydrogens is 296 g/mol. The van der Waals surface area contributed by atoms with Gasteiger partial charge in [0.05, 0.1) is 7.11 Å². The van der Waals surface area contributed by atoms with Crippen LogP contribution in [0.3, 0.4) is 0 Å². The molecule has 0 aliphatic rings. The van der Waals surface area contributed by atoms with Gasteiger partial charge in [-0.15, -0.1) is 0 Å². The van der Waals surface area contributed by atoms with E-state index in [0.717, 1.165) is 25.3 Å². The third kappa shape index (κ3) is 3.81. The maximum atomic E-state index is 5.16. The highest BCUT2D eigenvalue weighted by Crippen LogP contribution is 2.17. The average Bonchev–Trinajstić information content (AvgIpc) is 2.95. The fourth-order valence-electron chi connectivity index (χ4n) is 2.54. The molecule has 0 amide bonds. The Morgan fingerprint density at radius 1 is 1.05 bits per heavy atom. The fraction of sp³-hybridized carbons (Fsp3) is 0.222. The van der Waals surface area contributed by atoms with Crippen LogP contribution >= 0.6 is 0 Å². The van der Waals surface area contributed by atoms with Crippen LogP contribution in [0.1, 0.15) is 11.1 Å². The molecule has 22 heavy (non-hydrogen) atoms. The summed E-state index contributed by atoms with van der Waals surface area (Å²) in [4.78, 5) is 3.32. The Balaban J connectivity index is 0.00000176. The summed E-state index contributed by atoms with van der Waals surface area (Å²) in [5.74, 6) is 0.901. The lowest BCUT2D eigenvalue weighted by atomic mass is 10.1. The van der Waals surface area contributed by atoms with Gasteiger partial charge in [0, 0.05) is 23.6 Å². The molecule has 0 saturated heterocycles. The molecule has 0 fully saturated rings. The molecule has 1 aromatic heterocycles. The first kappa shape index (κ1) is 16.4. The van der Waals surface area contributed by atoms with Gasteiger partial charge in [-0.2, -0.15) is 0 Å². The summed E-state index contributed by atoms with van der Waals surface area (Å²) in [6.07, 6.45) is 3.14. The van der Waals surface area contributed by atoms with E-state index in [1.165, 1.54) is 22.0 Å². The van der Waals surface area contributed by atoms with Gasteiger partial charge in [-0.25, -0.2) is 0 Å². The second kappa shape index (κ2) is 7.87. The van der Waals surface area contributed by atoms with Crippen LogP contribution in [0.25, 0.3) is 10.9 Å². The predicted molar refractivity (Wildman–Crippen MR) is 86.7 cm³/mol. The van der Waals surface area contributed by atoms with Crippen molar-refractivity contribution >= 4 is 10.9 Å². The molecule has 4 heteroatoms. The maximum absolute atomic E-state index is 5.16. The summed E-state index contributed by atoms with van der Waals surface area (Å²) in [5.41, 5.74) is 3.85. The number of benzene rings is 2. The molecule has 0 aliphatic carbocycles. The average molecular weight is 316 g/mol. The summed E-state index contributed by atoms with van der Waals surface area (Å²) < 4.78 is 5.16. The molecule has 2 aromatic carbocycles. The molecule has 3 nitrogen and oxygen atoms in total. The van der Waals surface area contributed by atoms with Crippen LogP contribution in [-0.4, -0.2) is 18.6 Å². The standard InChI is InChI=1S/C18H20N2O.ClH/c1-21-16-8-6-14(7-9-16)12-19-11-10-15-13-20-18-5-3-2-4-17(15)18;/h2-9,13,19-20H,10-12H2,1H3;1H/p-1. The van der Waals surface area contributed by atoms with Crippen molar-refractivity contribution in [2.75, 3.05) is 13.7 Å². The van der Waals surface area contributed by atoms with Crippen LogP contribution in [0, 0.1) is 0 Å². The molecule has 116 valence electrons. The number of H-pyrrole nitrogens is 1. The van der Waals surface area contributed by atoms with Gasteiger partial charge in [0.25, 0.3) is 0 Å². The lowest BCUT2D eigenvalue weighted by molar-refractivity contribution is -0.00000459. The highest BCUT2D eigenvalue weighted by molar-refractivity contribution is 5.83. The number of ether oxygens (including phenoxy) is 1. The molecule has 0 radical (unpaired) electrons. The van der Waals surface area contributed by atoms with Crippen LogP contribution in [-0.2, 0) is 13.0 Å². The van der Waals surface area contributed by atoms with Crippen molar-refractivity contribution in [3.8, 4) is 5.75 Å². The zero-order valence-corrected chi connectivity index (χ0v) is 13.4. The molecule has 0 saturated carbocycles. The number of aromatic nitrogens is 1. The number of aromatic amines is 1. The van der Waals surface area contributed by atoms with E-state index in [9.17, 15) is 0 Å². The van der Waals surface area contributed by atoms with E-state index >= 15 is 0 Å². The zero-order chi connectivity index (χ0) is 14.5. The van der Waals surface area contributed by atoms with E-state index in [4.69, 9.17) is 4.74 Å². The van der Waals surface area contributed by atoms with Crippen molar-refractivity contribution in [1.82, 2.24) is 10.3 Å². The van der Waals surface area contributed by atoms with Crippen molar-refractivity contribution < 1.29 is 17.1 Å². The van der Waals surface area contributed by atoms with Crippen molar-refractivity contribution in [3.05, 3.63) is 65.9 Å². The fourth-order valence-corrected chi connectivity index (χ4v) is 2.54. The number of halogens is 1. The summed E-state index contributed by atoms with van der Waals surface area (Å²) in [5, 5.41) is 4.81. The van der Waals surface area contributed by atoms with Crippen LogP contribution in [0.15, 0.2) is 54.7 Å². The Bertz CT molecular complexity index is 706. The monoisotopic (exact) mass is 315 g/mol. The molecule has 2 N–H and O–H groups in total. The summed E-state index contributed by atoms with van der Waals surface area (Å²) in [7, 11) is 1.69. The van der Waals surface area contributed by atoms with E-state index in [2.05, 4.69) is 52.9 Å². The minimum atomic E-state index is 0. The van der Waals surface area contributed by atoms with Crippen molar-refractivity contribution in [1.29, 1.82) is 0 Å². The molecule has 0 spiro atoms. The van der Waals surface area contributed by atoms with Gasteiger partial charge in [0.15, 0.2) is 0 Å². The minimum absolute atomic E-state index is 0. The van der Waals surface area contributed by atoms with E-state index in [-0.39, 0.29) is 12.4 Å². The Morgan fingerprint density at radius 2 is 1.82 bits per heavy atom. The van der Waals surface area contributed by atoms with E-state index < -0.39 is 0 Å². The number of nitrogens with one attached hydrogen (secondary N) is 2. The molecule has 1 heterocycles. The predicted octanol–water partition coefficient (Wildman–Crippen LogP) is 0.513. The van der Waals surface area contributed by atoms with Gasteiger partial charge in [0.2, 0.25) is 0 Å². The molecule has 3 aromatic rings. The van der Waals surface area contributed by atoms with E-state index in [1.807, 2.05) is 12.1 Å². The number of fused-ring (bicyclic) bond motifs is 1. The topological polar surface area (TPSA) is 37.0 Å². The van der Waals surface area contributed by atoms with Crippen LogP contribution in [0.4, 0.5) is 0 Å². The summed E-state index contributed by atoms with van der Waals surface area (Å²) in [6, 6.07) is 16.6. The molecule has 0 bridgehead atoms. The van der Waals surface area contributed by atoms with Gasteiger partial charge in [-0.3, -0.25) is 0 Å². The Hall–Kier alpha value is -1.97. The van der Waals surface area contributed by atoms with E-state index in [0.29, 0.717) is 0 Å². The molecular formula is C18H20ClN2O-. The third-order valence-corrected chi connectivity index (χ3v) is 3.73. The summed E-state index contributed by atoms with van der Waals surface area (Å²) in [6.45, 7) is 1.85. The SMILES string of the molecule is COc1ccc(CNCCc2c[nH]c3ccccc23)cc1.[Cl-]. The Morgan fingerprint density at radius 3 is 2.59 bits per heavy atom. The van der Waals surface area contributed by atoms with E-state index in [1.54, 1.807) is 7.11 Å². The van der Waals surface area contributed by atoms with Gasteiger partial charge in [-0.1, -0.05) is 30.3 Å². The quantitative estimate of drug-likeness (QED) is 0.651. The number of hydrogen-bond acceptors (Lipinski definition) is 2. The number of hydrogen-bond donors (Lipinski definition) is 2. The van der Waals surface area contributed by atoms with Gasteiger partial charge < -0.3 is 27.4 Å². The van der Waals surface area contributed by atoms with Crippen LogP contribution in [0.5, 0.6) is 5.75 Å². The molecule has 0 atom stereocenters. The second-order valence-electron chi connectivity index (χ2n) is 5.13. The van der Waals surface area contributed by atoms with Crippen molar-refractivity contribution in [2.24, 2.45) is 0 Å². The van der Waals surface area contributed by atoms with Crippen LogP contribution < -0.4 is 22.5 Å². The maximum Gasteiger partial charge on any atom is 0.118 e. The Kier molecular flexibility index (Phi) is 5.87. The molecule has 3 rings (SSSR count). The number of para-hydroxylation sites is 1. The van der Waals surface area contributed by atoms with Crippen molar-refractivity contribution in [3.63, 3.8) is 0 Å². The lowest BCUT2D eigenvalue weighted by Crippen LogP contribution is -3.00. The molecule has 0 aliphatic heterocycles. The Labute approximate surface area is 137 Å². The highest BCUT2D eigenvalue weighted by Gasteiger charge is 2.02. The van der Waals surface area contributed by atoms with Crippen molar-refractivity contribution in [2.45, 2.75) is 13.0 Å². The smallest absolute Gasteiger partial charge is 0.118 e. The minimum Gasteiger partial charge on any atom is -1.00 e. The first-order valence-electron chi connectivity index (χ1n) is 7.25. The van der Waals surface area contributed by atoms with Gasteiger partial charge in [0.1, 0.15) is 5.75 Å². The first-order valence-corrected chi connectivity index (χ1v) is 7.25. The normalized spacial score (nSPS) is 10.4. The van der Waals surface area contributed by atoms with Gasteiger partial charge >= 0.3 is 0 Å². The lowest BCUT2D eigenvalue weighted by Gasteiger charge is -2.06. The van der Waals surface area contributed by atoms with Crippen LogP contribution in [0.2, 0.25) is 0 Å². The third-order valence-electron chi connectivity index (χ3n) is 3.73. The highest BCUT2D eigenvalue weighted by atomic mass is 35.5. The number of methoxy groups -OCH3 is 1. The summed E-state index contributed by atoms with van der Waals surface area (Å²) >= 11 is 0. The molecule has 0 unspecified atom stereocenters. The second-order valence-corrected chi connectivity index (χ2v) is 5.13. The zero-order valence-electron chi connectivity index (χ0n) is 12.6. The number of rotatable bonds is 6. The largest absolute Gasteiger partial charge is 1.00 e. The first-order chi connectivity index (χ1) is 10.4. The van der Waals surface area contributed by atoms with Gasteiger partial charge in [-0.05, 0) is 42.3 Å².